The number of carbonyl (C=O) groups excluding carboxylic acids is 2. The molecule has 8 heteroatoms. The van der Waals surface area contributed by atoms with E-state index in [0.29, 0.717) is 41.7 Å². The van der Waals surface area contributed by atoms with Gasteiger partial charge in [0.25, 0.3) is 5.91 Å². The summed E-state index contributed by atoms with van der Waals surface area (Å²) in [6.07, 6.45) is 1.99. The molecule has 0 atom stereocenters. The van der Waals surface area contributed by atoms with Crippen LogP contribution in [-0.2, 0) is 11.2 Å². The molecule has 0 aliphatic carbocycles. The van der Waals surface area contributed by atoms with Crippen LogP contribution in [0.15, 0.2) is 30.3 Å². The van der Waals surface area contributed by atoms with Gasteiger partial charge in [0.2, 0.25) is 5.91 Å². The fourth-order valence-corrected chi connectivity index (χ4v) is 4.42. The van der Waals surface area contributed by atoms with Crippen LogP contribution in [0.3, 0.4) is 0 Å². The zero-order valence-electron chi connectivity index (χ0n) is 17.5. The molecule has 1 aromatic carbocycles. The highest BCUT2D eigenvalue weighted by atomic mass is 35.5. The first kappa shape index (κ1) is 22.3. The van der Waals surface area contributed by atoms with Gasteiger partial charge in [0.15, 0.2) is 0 Å². The summed E-state index contributed by atoms with van der Waals surface area (Å²) in [6, 6.07) is 9.43. The average Bonchev–Trinajstić information content (AvgIpc) is 3.26. The maximum atomic E-state index is 12.6. The minimum atomic E-state index is -0.107. The summed E-state index contributed by atoms with van der Waals surface area (Å²) in [6.45, 7) is 7.15. The number of nitrogens with zero attached hydrogens (tertiary/aromatic N) is 2. The van der Waals surface area contributed by atoms with Gasteiger partial charge >= 0.3 is 0 Å². The smallest absolute Gasteiger partial charge is 0.261 e. The molecule has 0 saturated carbocycles. The third-order valence-electron chi connectivity index (χ3n) is 4.60. The number of hydrogen-bond donors (Lipinski definition) is 2. The first-order chi connectivity index (χ1) is 14.4. The second-order valence-electron chi connectivity index (χ2n) is 7.58. The van der Waals surface area contributed by atoms with Gasteiger partial charge < -0.3 is 10.6 Å². The average molecular weight is 447 g/mol. The summed E-state index contributed by atoms with van der Waals surface area (Å²) < 4.78 is 1.85. The minimum Gasteiger partial charge on any atom is -0.356 e. The highest BCUT2D eigenvalue weighted by molar-refractivity contribution is 7.20. The lowest BCUT2D eigenvalue weighted by atomic mass is 10.1. The Labute approximate surface area is 185 Å². The van der Waals surface area contributed by atoms with E-state index in [1.165, 1.54) is 11.3 Å². The van der Waals surface area contributed by atoms with Crippen LogP contribution in [0.1, 0.15) is 49.0 Å². The fraction of sp³-hybridized carbons (Fsp3) is 0.409. The summed E-state index contributed by atoms with van der Waals surface area (Å²) in [7, 11) is 0. The summed E-state index contributed by atoms with van der Waals surface area (Å²) in [4.78, 5) is 25.9. The largest absolute Gasteiger partial charge is 0.356 e. The number of nitrogens with one attached hydrogen (secondary N) is 2. The molecular formula is C22H27ClN4O2S. The summed E-state index contributed by atoms with van der Waals surface area (Å²) >= 11 is 7.56. The molecule has 2 aromatic heterocycles. The number of thiophene rings is 1. The van der Waals surface area contributed by atoms with Crippen LogP contribution in [0.25, 0.3) is 15.9 Å². The van der Waals surface area contributed by atoms with Gasteiger partial charge in [-0.1, -0.05) is 38.4 Å². The molecule has 160 valence electrons. The first-order valence-corrected chi connectivity index (χ1v) is 11.4. The fourth-order valence-electron chi connectivity index (χ4n) is 3.17. The van der Waals surface area contributed by atoms with Crippen LogP contribution in [0.5, 0.6) is 0 Å². The van der Waals surface area contributed by atoms with E-state index in [1.807, 2.05) is 48.9 Å². The van der Waals surface area contributed by atoms with Gasteiger partial charge in [0.05, 0.1) is 16.3 Å². The SMILES string of the molecule is CCc1nn(-c2cccc(Cl)c2)c2sc(C(=O)NCCCNC(=O)CC(C)C)cc12. The molecule has 0 saturated heterocycles. The van der Waals surface area contributed by atoms with Crippen molar-refractivity contribution in [3.8, 4) is 5.69 Å². The maximum absolute atomic E-state index is 12.6. The lowest BCUT2D eigenvalue weighted by molar-refractivity contribution is -0.121. The molecule has 0 fully saturated rings. The standard InChI is InChI=1S/C22H27ClN4O2S/c1-4-18-17-13-19(21(29)25-10-6-9-24-20(28)11-14(2)3)30-22(17)27(26-18)16-8-5-7-15(23)12-16/h5,7-8,12-14H,4,6,9-11H2,1-3H3,(H,24,28)(H,25,29). The van der Waals surface area contributed by atoms with Crippen LogP contribution in [0.4, 0.5) is 0 Å². The van der Waals surface area contributed by atoms with Crippen LogP contribution >= 0.6 is 22.9 Å². The second kappa shape index (κ2) is 10.1. The van der Waals surface area contributed by atoms with Crippen molar-refractivity contribution in [3.05, 3.63) is 45.9 Å². The predicted octanol–water partition coefficient (Wildman–Crippen LogP) is 4.59. The Morgan fingerprint density at radius 2 is 1.97 bits per heavy atom. The number of rotatable bonds is 9. The highest BCUT2D eigenvalue weighted by Gasteiger charge is 2.18. The number of hydrogen-bond acceptors (Lipinski definition) is 4. The number of benzene rings is 1. The number of aromatic nitrogens is 2. The monoisotopic (exact) mass is 446 g/mol. The zero-order valence-corrected chi connectivity index (χ0v) is 19.1. The van der Waals surface area contributed by atoms with E-state index in [0.717, 1.165) is 28.0 Å². The first-order valence-electron chi connectivity index (χ1n) is 10.2. The van der Waals surface area contributed by atoms with E-state index in [1.54, 1.807) is 0 Å². The number of fused-ring (bicyclic) bond motifs is 1. The minimum absolute atomic E-state index is 0.0542. The normalized spacial score (nSPS) is 11.2. The van der Waals surface area contributed by atoms with Crippen LogP contribution < -0.4 is 10.6 Å². The Kier molecular flexibility index (Phi) is 7.50. The van der Waals surface area contributed by atoms with Crippen molar-refractivity contribution in [2.45, 2.75) is 40.0 Å². The van der Waals surface area contributed by atoms with Gasteiger partial charge in [-0.15, -0.1) is 11.3 Å². The molecule has 2 heterocycles. The van der Waals surface area contributed by atoms with Crippen molar-refractivity contribution in [2.75, 3.05) is 13.1 Å². The Bertz CT molecular complexity index is 1040. The molecule has 3 aromatic rings. The van der Waals surface area contributed by atoms with Crippen molar-refractivity contribution in [1.29, 1.82) is 0 Å². The molecule has 6 nitrogen and oxygen atoms in total. The number of amides is 2. The van der Waals surface area contributed by atoms with Crippen molar-refractivity contribution < 1.29 is 9.59 Å². The molecule has 0 radical (unpaired) electrons. The van der Waals surface area contributed by atoms with E-state index in [9.17, 15) is 9.59 Å². The third-order valence-corrected chi connectivity index (χ3v) is 5.95. The van der Waals surface area contributed by atoms with E-state index in [-0.39, 0.29) is 11.8 Å². The molecule has 0 aliphatic heterocycles. The summed E-state index contributed by atoms with van der Waals surface area (Å²) in [5, 5.41) is 12.2. The summed E-state index contributed by atoms with van der Waals surface area (Å²) in [5.41, 5.74) is 1.83. The molecule has 2 N–H and O–H groups in total. The van der Waals surface area contributed by atoms with Crippen molar-refractivity contribution in [3.63, 3.8) is 0 Å². The second-order valence-corrected chi connectivity index (χ2v) is 9.05. The van der Waals surface area contributed by atoms with Crippen LogP contribution in [0, 0.1) is 5.92 Å². The summed E-state index contributed by atoms with van der Waals surface area (Å²) in [5.74, 6) is 0.288. The molecule has 0 aliphatic rings. The van der Waals surface area contributed by atoms with E-state index < -0.39 is 0 Å². The van der Waals surface area contributed by atoms with E-state index >= 15 is 0 Å². The number of halogens is 1. The molecule has 0 spiro atoms. The molecule has 3 rings (SSSR count). The van der Waals surface area contributed by atoms with Crippen LogP contribution in [0.2, 0.25) is 5.02 Å². The predicted molar refractivity (Wildman–Crippen MR) is 123 cm³/mol. The Morgan fingerprint density at radius 3 is 2.67 bits per heavy atom. The lowest BCUT2D eigenvalue weighted by Gasteiger charge is -2.07. The molecule has 30 heavy (non-hydrogen) atoms. The van der Waals surface area contributed by atoms with Gasteiger partial charge in [-0.3, -0.25) is 9.59 Å². The van der Waals surface area contributed by atoms with E-state index in [4.69, 9.17) is 16.7 Å². The topological polar surface area (TPSA) is 76.0 Å². The van der Waals surface area contributed by atoms with Gasteiger partial charge in [-0.25, -0.2) is 4.68 Å². The van der Waals surface area contributed by atoms with Crippen molar-refractivity contribution in [2.24, 2.45) is 5.92 Å². The van der Waals surface area contributed by atoms with Gasteiger partial charge in [0, 0.05) is 29.9 Å². The Balaban J connectivity index is 1.65. The number of carbonyl (C=O) groups is 2. The zero-order chi connectivity index (χ0) is 21.7. The van der Waals surface area contributed by atoms with Crippen molar-refractivity contribution >= 4 is 45.0 Å². The van der Waals surface area contributed by atoms with Gasteiger partial charge in [-0.2, -0.15) is 5.10 Å². The van der Waals surface area contributed by atoms with Gasteiger partial charge in [-0.05, 0) is 43.0 Å². The number of aryl methyl sites for hydroxylation is 1. The van der Waals surface area contributed by atoms with Crippen molar-refractivity contribution in [1.82, 2.24) is 20.4 Å². The highest BCUT2D eigenvalue weighted by Crippen LogP contribution is 2.31. The molecule has 0 unspecified atom stereocenters. The van der Waals surface area contributed by atoms with Crippen LogP contribution in [-0.4, -0.2) is 34.7 Å². The lowest BCUT2D eigenvalue weighted by Crippen LogP contribution is -2.30. The van der Waals surface area contributed by atoms with E-state index in [2.05, 4.69) is 17.6 Å². The Hall–Kier alpha value is -2.38. The van der Waals surface area contributed by atoms with Gasteiger partial charge in [0.1, 0.15) is 4.83 Å². The quantitative estimate of drug-likeness (QED) is 0.472. The molecule has 0 bridgehead atoms. The third kappa shape index (κ3) is 5.40. The molecular weight excluding hydrogens is 420 g/mol. The molecule has 2 amide bonds. The Morgan fingerprint density at radius 1 is 1.20 bits per heavy atom. The maximum Gasteiger partial charge on any atom is 0.261 e.